The van der Waals surface area contributed by atoms with Gasteiger partial charge in [0, 0.05) is 12.6 Å². The molecule has 3 rings (SSSR count). The predicted molar refractivity (Wildman–Crippen MR) is 103 cm³/mol. The minimum Gasteiger partial charge on any atom is -0.404 e. The number of benzene rings is 2. The zero-order valence-corrected chi connectivity index (χ0v) is 16.7. The molecule has 0 saturated carbocycles. The third-order valence-corrected chi connectivity index (χ3v) is 6.66. The third-order valence-electron chi connectivity index (χ3n) is 4.72. The molecule has 10 heteroatoms. The van der Waals surface area contributed by atoms with Crippen molar-refractivity contribution in [2.75, 3.05) is 13.1 Å². The molecule has 6 nitrogen and oxygen atoms in total. The summed E-state index contributed by atoms with van der Waals surface area (Å²) in [6.45, 7) is -0.0774. The third kappa shape index (κ3) is 5.51. The molecule has 0 aliphatic carbocycles. The maximum absolute atomic E-state index is 13.4. The van der Waals surface area contributed by atoms with Crippen LogP contribution in [0.5, 0.6) is 5.75 Å². The minimum atomic E-state index is -5.05. The molecule has 1 heterocycles. The molecule has 162 valence electrons. The van der Waals surface area contributed by atoms with Crippen LogP contribution in [-0.2, 0) is 21.2 Å². The van der Waals surface area contributed by atoms with Crippen LogP contribution in [0.4, 0.5) is 13.2 Å². The van der Waals surface area contributed by atoms with Crippen LogP contribution in [-0.4, -0.2) is 44.1 Å². The largest absolute Gasteiger partial charge is 0.573 e. The van der Waals surface area contributed by atoms with Crippen LogP contribution in [0.25, 0.3) is 0 Å². The number of hydrogen-bond acceptors (Lipinski definition) is 4. The van der Waals surface area contributed by atoms with Crippen molar-refractivity contribution in [1.29, 1.82) is 0 Å². The number of halogens is 3. The zero-order valence-electron chi connectivity index (χ0n) is 15.9. The number of rotatable bonds is 5. The van der Waals surface area contributed by atoms with Crippen molar-refractivity contribution in [3.05, 3.63) is 60.2 Å². The second kappa shape index (κ2) is 9.05. The molecule has 1 fully saturated rings. The number of alkyl halides is 3. The molecule has 0 bridgehead atoms. The first kappa shape index (κ1) is 22.1. The lowest BCUT2D eigenvalue weighted by molar-refractivity contribution is -0.275. The van der Waals surface area contributed by atoms with Crippen LogP contribution in [0.3, 0.4) is 0 Å². The summed E-state index contributed by atoms with van der Waals surface area (Å²) in [6.07, 6.45) is -3.75. The van der Waals surface area contributed by atoms with Gasteiger partial charge in [0.05, 0.1) is 6.54 Å². The van der Waals surface area contributed by atoms with Crippen molar-refractivity contribution in [3.8, 4) is 5.75 Å². The Bertz CT molecular complexity index is 981. The molecule has 2 aromatic rings. The lowest BCUT2D eigenvalue weighted by atomic mass is 10.0. The second-order valence-corrected chi connectivity index (χ2v) is 8.74. The van der Waals surface area contributed by atoms with Gasteiger partial charge in [-0.05, 0) is 37.0 Å². The quantitative estimate of drug-likeness (QED) is 0.772. The van der Waals surface area contributed by atoms with E-state index in [-0.39, 0.29) is 0 Å². The Morgan fingerprint density at radius 2 is 1.73 bits per heavy atom. The Balaban J connectivity index is 2.01. The van der Waals surface area contributed by atoms with Gasteiger partial charge in [-0.15, -0.1) is 13.2 Å². The molecule has 30 heavy (non-hydrogen) atoms. The van der Waals surface area contributed by atoms with E-state index in [0.717, 1.165) is 22.0 Å². The monoisotopic (exact) mass is 442 g/mol. The maximum Gasteiger partial charge on any atom is 0.573 e. The van der Waals surface area contributed by atoms with Crippen molar-refractivity contribution < 1.29 is 31.1 Å². The van der Waals surface area contributed by atoms with Gasteiger partial charge in [0.25, 0.3) is 0 Å². The van der Waals surface area contributed by atoms with E-state index in [0.29, 0.717) is 25.8 Å². The Morgan fingerprint density at radius 3 is 2.43 bits per heavy atom. The number of amides is 1. The minimum absolute atomic E-state index is 0.329. The van der Waals surface area contributed by atoms with E-state index in [2.05, 4.69) is 10.1 Å². The van der Waals surface area contributed by atoms with Crippen LogP contribution >= 0.6 is 0 Å². The number of hydrogen-bond donors (Lipinski definition) is 1. The highest BCUT2D eigenvalue weighted by Crippen LogP contribution is 2.33. The highest BCUT2D eigenvalue weighted by atomic mass is 32.2. The van der Waals surface area contributed by atoms with Gasteiger partial charge in [0.15, 0.2) is 0 Å². The van der Waals surface area contributed by atoms with Gasteiger partial charge in [-0.1, -0.05) is 42.5 Å². The standard InChI is InChI=1S/C20H21F3N2O4S/c21-20(22,23)29-17-10-4-5-11-18(17)30(27,28)25-14-19(26)24-12-6-9-16(25)13-15-7-2-1-3-8-15/h1-5,7-8,10-11,16H,6,9,12-14H2,(H,24,26)/t16-/m0/s1. The van der Waals surface area contributed by atoms with E-state index in [1.807, 2.05) is 30.3 Å². The van der Waals surface area contributed by atoms with Crippen LogP contribution in [0.2, 0.25) is 0 Å². The average molecular weight is 442 g/mol. The van der Waals surface area contributed by atoms with Gasteiger partial charge >= 0.3 is 6.36 Å². The van der Waals surface area contributed by atoms with Crippen molar-refractivity contribution in [2.24, 2.45) is 0 Å². The van der Waals surface area contributed by atoms with Gasteiger partial charge in [-0.25, -0.2) is 8.42 Å². The molecule has 1 N–H and O–H groups in total. The normalized spacial score (nSPS) is 18.9. The topological polar surface area (TPSA) is 75.7 Å². The number of carbonyl (C=O) groups excluding carboxylic acids is 1. The molecule has 1 atom stereocenters. The summed E-state index contributed by atoms with van der Waals surface area (Å²) in [4.78, 5) is 11.6. The maximum atomic E-state index is 13.4. The van der Waals surface area contributed by atoms with Crippen molar-refractivity contribution in [1.82, 2.24) is 9.62 Å². The highest BCUT2D eigenvalue weighted by molar-refractivity contribution is 7.89. The molecular weight excluding hydrogens is 421 g/mol. The molecule has 1 aliphatic rings. The molecule has 1 saturated heterocycles. The summed E-state index contributed by atoms with van der Waals surface area (Å²) in [5, 5.41) is 2.62. The Labute approximate surface area is 172 Å². The summed E-state index contributed by atoms with van der Waals surface area (Å²) in [7, 11) is -4.46. The summed E-state index contributed by atoms with van der Waals surface area (Å²) < 4.78 is 70.1. The van der Waals surface area contributed by atoms with Crippen molar-refractivity contribution >= 4 is 15.9 Å². The van der Waals surface area contributed by atoms with Gasteiger partial charge in [-0.3, -0.25) is 4.79 Å². The molecule has 0 unspecified atom stereocenters. The van der Waals surface area contributed by atoms with E-state index in [1.54, 1.807) is 0 Å². The average Bonchev–Trinajstić information content (AvgIpc) is 2.67. The molecular formula is C20H21F3N2O4S. The molecule has 1 amide bonds. The van der Waals surface area contributed by atoms with E-state index in [9.17, 15) is 26.4 Å². The van der Waals surface area contributed by atoms with E-state index in [4.69, 9.17) is 0 Å². The lowest BCUT2D eigenvalue weighted by Crippen LogP contribution is -2.49. The fourth-order valence-electron chi connectivity index (χ4n) is 3.41. The summed E-state index contributed by atoms with van der Waals surface area (Å²) >= 11 is 0. The Morgan fingerprint density at radius 1 is 1.07 bits per heavy atom. The predicted octanol–water partition coefficient (Wildman–Crippen LogP) is 3.10. The first-order valence-corrected chi connectivity index (χ1v) is 10.8. The number of ether oxygens (including phenoxy) is 1. The van der Waals surface area contributed by atoms with E-state index in [1.165, 1.54) is 12.1 Å². The summed E-state index contributed by atoms with van der Waals surface area (Å²) in [6, 6.07) is 13.1. The molecule has 0 radical (unpaired) electrons. The molecule has 2 aromatic carbocycles. The number of nitrogens with one attached hydrogen (secondary N) is 1. The summed E-state index contributed by atoms with van der Waals surface area (Å²) in [5.41, 5.74) is 0.864. The number of para-hydroxylation sites is 1. The van der Waals surface area contributed by atoms with Gasteiger partial charge in [-0.2, -0.15) is 4.31 Å². The fourth-order valence-corrected chi connectivity index (χ4v) is 5.13. The number of sulfonamides is 1. The molecule has 1 aliphatic heterocycles. The van der Waals surface area contributed by atoms with E-state index >= 15 is 0 Å². The lowest BCUT2D eigenvalue weighted by Gasteiger charge is -2.33. The fraction of sp³-hybridized carbons (Fsp3) is 0.350. The van der Waals surface area contributed by atoms with Gasteiger partial charge in [0.2, 0.25) is 15.9 Å². The SMILES string of the molecule is O=C1CN(S(=O)(=O)c2ccccc2OC(F)(F)F)[C@H](Cc2ccccc2)CCCN1. The number of nitrogens with zero attached hydrogens (tertiary/aromatic N) is 1. The van der Waals surface area contributed by atoms with Crippen LogP contribution < -0.4 is 10.1 Å². The first-order chi connectivity index (χ1) is 14.2. The van der Waals surface area contributed by atoms with E-state index < -0.39 is 45.5 Å². The molecule has 0 spiro atoms. The summed E-state index contributed by atoms with van der Waals surface area (Å²) in [5.74, 6) is -1.34. The van der Waals surface area contributed by atoms with Crippen LogP contribution in [0, 0.1) is 0 Å². The van der Waals surface area contributed by atoms with Gasteiger partial charge in [0.1, 0.15) is 10.6 Å². The highest BCUT2D eigenvalue weighted by Gasteiger charge is 2.38. The van der Waals surface area contributed by atoms with Crippen molar-refractivity contribution in [2.45, 2.75) is 36.6 Å². The zero-order chi connectivity index (χ0) is 21.8. The number of carbonyl (C=O) groups is 1. The Hall–Kier alpha value is -2.59. The van der Waals surface area contributed by atoms with Crippen molar-refractivity contribution in [3.63, 3.8) is 0 Å². The van der Waals surface area contributed by atoms with Gasteiger partial charge < -0.3 is 10.1 Å². The smallest absolute Gasteiger partial charge is 0.404 e. The Kier molecular flexibility index (Phi) is 6.67. The van der Waals surface area contributed by atoms with Crippen LogP contribution in [0.15, 0.2) is 59.5 Å². The van der Waals surface area contributed by atoms with Crippen LogP contribution in [0.1, 0.15) is 18.4 Å². The first-order valence-electron chi connectivity index (χ1n) is 9.34. The molecule has 0 aromatic heterocycles. The second-order valence-electron chi connectivity index (χ2n) is 6.88.